The number of carbonyl (C=O) groups is 2. The molecule has 4 unspecified atom stereocenters. The average molecular weight is 544 g/mol. The molecule has 8 nitrogen and oxygen atoms in total. The van der Waals surface area contributed by atoms with Crippen LogP contribution in [0.5, 0.6) is 5.75 Å². The number of fused-ring (bicyclic) bond motifs is 2. The first-order valence-electron chi connectivity index (χ1n) is 13.5. The fraction of sp³-hybridized carbons (Fsp3) is 0.367. The fourth-order valence-electron chi connectivity index (χ4n) is 6.08. The van der Waals surface area contributed by atoms with Crippen molar-refractivity contribution in [2.45, 2.75) is 43.4 Å². The number of amides is 2. The zero-order valence-corrected chi connectivity index (χ0v) is 22.8. The molecular weight excluding hydrogens is 510 g/mol. The molecule has 9 heteroatoms. The summed E-state index contributed by atoms with van der Waals surface area (Å²) in [6.07, 6.45) is 6.45. The van der Waals surface area contributed by atoms with Crippen molar-refractivity contribution < 1.29 is 14.7 Å². The number of hydrogen-bond acceptors (Lipinski definition) is 7. The standard InChI is InChI=1S/C30H33N5O3S/c1-2-34-27-18-32(17-23-9-6-10-26-29(23)31-20-39-26)30(38)25(15-21-11-13-24(36)14-12-21)35(27)28(37)19-33(34)16-22-7-4-3-5-8-22/h3-14,20,25-27,29,36H,2,15-19H2,1H3. The molecule has 4 aliphatic rings. The molecule has 2 saturated heterocycles. The lowest BCUT2D eigenvalue weighted by Gasteiger charge is -2.55. The van der Waals surface area contributed by atoms with E-state index in [1.54, 1.807) is 23.9 Å². The van der Waals surface area contributed by atoms with E-state index in [1.807, 2.05) is 45.7 Å². The first-order valence-corrected chi connectivity index (χ1v) is 14.4. The summed E-state index contributed by atoms with van der Waals surface area (Å²) in [6.45, 7) is 4.60. The molecule has 2 aromatic carbocycles. The Morgan fingerprint density at radius 3 is 2.59 bits per heavy atom. The summed E-state index contributed by atoms with van der Waals surface area (Å²) < 4.78 is 0. The molecular formula is C30H33N5O3S. The van der Waals surface area contributed by atoms with E-state index in [9.17, 15) is 14.7 Å². The minimum Gasteiger partial charge on any atom is -0.508 e. The van der Waals surface area contributed by atoms with Crippen molar-refractivity contribution in [1.82, 2.24) is 19.8 Å². The summed E-state index contributed by atoms with van der Waals surface area (Å²) in [5, 5.41) is 14.4. The second-order valence-corrected chi connectivity index (χ2v) is 11.4. The molecule has 0 bridgehead atoms. The average Bonchev–Trinajstić information content (AvgIpc) is 3.43. The third-order valence-corrected chi connectivity index (χ3v) is 8.94. The number of allylic oxidation sites excluding steroid dienone is 2. The maximum absolute atomic E-state index is 14.1. The van der Waals surface area contributed by atoms with Crippen LogP contribution in [-0.4, -0.2) is 92.0 Å². The highest BCUT2D eigenvalue weighted by molar-refractivity contribution is 8.13. The Labute approximate surface area is 233 Å². The Hall–Kier alpha value is -3.40. The Morgan fingerprint density at radius 2 is 1.82 bits per heavy atom. The number of nitrogens with zero attached hydrogens (tertiary/aromatic N) is 5. The predicted molar refractivity (Wildman–Crippen MR) is 153 cm³/mol. The largest absolute Gasteiger partial charge is 0.508 e. The van der Waals surface area contributed by atoms with Crippen LogP contribution in [0, 0.1) is 0 Å². The Morgan fingerprint density at radius 1 is 1.03 bits per heavy atom. The number of phenolic OH excluding ortho intramolecular Hbond substituents is 1. The van der Waals surface area contributed by atoms with Crippen LogP contribution >= 0.6 is 11.8 Å². The summed E-state index contributed by atoms with van der Waals surface area (Å²) >= 11 is 1.71. The fourth-order valence-corrected chi connectivity index (χ4v) is 7.00. The molecule has 1 N–H and O–H groups in total. The minimum absolute atomic E-state index is 0.0333. The first-order chi connectivity index (χ1) is 19.0. The summed E-state index contributed by atoms with van der Waals surface area (Å²) in [6, 6.07) is 16.5. The molecule has 0 spiro atoms. The van der Waals surface area contributed by atoms with Crippen molar-refractivity contribution in [3.8, 4) is 5.75 Å². The van der Waals surface area contributed by atoms with Crippen molar-refractivity contribution in [2.75, 3.05) is 26.2 Å². The van der Waals surface area contributed by atoms with Crippen molar-refractivity contribution in [3.05, 3.63) is 89.5 Å². The number of piperazine rings is 1. The maximum atomic E-state index is 14.1. The van der Waals surface area contributed by atoms with Crippen molar-refractivity contribution in [3.63, 3.8) is 0 Å². The Kier molecular flexibility index (Phi) is 7.29. The maximum Gasteiger partial charge on any atom is 0.246 e. The SMILES string of the molecule is CCN1C2CN(CC3=CC=CC4SC=NC34)C(=O)C(Cc3ccc(O)cc3)N2C(=O)CN1Cc1ccccc1. The quantitative estimate of drug-likeness (QED) is 0.579. The van der Waals surface area contributed by atoms with Crippen LogP contribution in [-0.2, 0) is 22.6 Å². The van der Waals surface area contributed by atoms with Gasteiger partial charge in [0.15, 0.2) is 0 Å². The summed E-state index contributed by atoms with van der Waals surface area (Å²) in [5.41, 5.74) is 5.08. The number of phenols is 1. The van der Waals surface area contributed by atoms with Gasteiger partial charge in [0.05, 0.1) is 29.9 Å². The van der Waals surface area contributed by atoms with Gasteiger partial charge in [-0.05, 0) is 28.8 Å². The molecule has 0 aromatic heterocycles. The molecule has 3 heterocycles. The predicted octanol–water partition coefficient (Wildman–Crippen LogP) is 3.06. The van der Waals surface area contributed by atoms with Crippen LogP contribution in [0.3, 0.4) is 0 Å². The van der Waals surface area contributed by atoms with Gasteiger partial charge < -0.3 is 14.9 Å². The van der Waals surface area contributed by atoms with Gasteiger partial charge in [0.2, 0.25) is 11.8 Å². The third kappa shape index (κ3) is 5.14. The van der Waals surface area contributed by atoms with Gasteiger partial charge in [0, 0.05) is 26.1 Å². The Bertz CT molecular complexity index is 1310. The van der Waals surface area contributed by atoms with Gasteiger partial charge in [0.1, 0.15) is 18.0 Å². The molecule has 2 amide bonds. The van der Waals surface area contributed by atoms with Gasteiger partial charge in [-0.25, -0.2) is 10.0 Å². The number of carbonyl (C=O) groups excluding carboxylic acids is 2. The molecule has 39 heavy (non-hydrogen) atoms. The number of aromatic hydroxyl groups is 1. The van der Waals surface area contributed by atoms with Gasteiger partial charge in [-0.2, -0.15) is 0 Å². The van der Waals surface area contributed by atoms with Gasteiger partial charge >= 0.3 is 0 Å². The second-order valence-electron chi connectivity index (χ2n) is 10.4. The van der Waals surface area contributed by atoms with Crippen LogP contribution in [0.1, 0.15) is 18.1 Å². The number of rotatable bonds is 7. The van der Waals surface area contributed by atoms with Crippen LogP contribution in [0.4, 0.5) is 0 Å². The van der Waals surface area contributed by atoms with Gasteiger partial charge in [-0.1, -0.05) is 67.6 Å². The van der Waals surface area contributed by atoms with E-state index in [1.165, 1.54) is 0 Å². The van der Waals surface area contributed by atoms with Gasteiger partial charge in [-0.15, -0.1) is 11.8 Å². The summed E-state index contributed by atoms with van der Waals surface area (Å²) in [5.74, 6) is 0.105. The third-order valence-electron chi connectivity index (χ3n) is 7.96. The van der Waals surface area contributed by atoms with E-state index in [0.717, 1.165) is 16.7 Å². The lowest BCUT2D eigenvalue weighted by Crippen LogP contribution is -2.75. The van der Waals surface area contributed by atoms with Crippen molar-refractivity contribution in [1.29, 1.82) is 0 Å². The molecule has 2 fully saturated rings. The number of thioether (sulfide) groups is 1. The molecule has 4 atom stereocenters. The number of aliphatic imine (C=N–C) groups is 1. The van der Waals surface area contributed by atoms with Crippen LogP contribution < -0.4 is 0 Å². The lowest BCUT2D eigenvalue weighted by atomic mass is 9.95. The highest BCUT2D eigenvalue weighted by atomic mass is 32.2. The summed E-state index contributed by atoms with van der Waals surface area (Å²) in [7, 11) is 0. The first kappa shape index (κ1) is 25.9. The van der Waals surface area contributed by atoms with E-state index in [-0.39, 0.29) is 41.6 Å². The normalized spacial score (nSPS) is 27.1. The van der Waals surface area contributed by atoms with E-state index in [4.69, 9.17) is 0 Å². The topological polar surface area (TPSA) is 79.7 Å². The molecule has 202 valence electrons. The van der Waals surface area contributed by atoms with E-state index < -0.39 is 6.04 Å². The number of likely N-dealkylation sites (N-methyl/N-ethyl adjacent to an activating group) is 1. The lowest BCUT2D eigenvalue weighted by molar-refractivity contribution is -0.204. The van der Waals surface area contributed by atoms with Crippen LogP contribution in [0.15, 0.2) is 83.4 Å². The summed E-state index contributed by atoms with van der Waals surface area (Å²) in [4.78, 5) is 36.3. The van der Waals surface area contributed by atoms with Crippen molar-refractivity contribution >= 4 is 29.1 Å². The van der Waals surface area contributed by atoms with Crippen LogP contribution in [0.2, 0.25) is 0 Å². The molecule has 1 aliphatic carbocycles. The monoisotopic (exact) mass is 543 g/mol. The minimum atomic E-state index is -0.620. The zero-order chi connectivity index (χ0) is 26.9. The van der Waals surface area contributed by atoms with Gasteiger partial charge in [-0.3, -0.25) is 14.6 Å². The smallest absolute Gasteiger partial charge is 0.246 e. The molecule has 0 saturated carbocycles. The molecule has 6 rings (SSSR count). The highest BCUT2D eigenvalue weighted by Gasteiger charge is 2.49. The molecule has 0 radical (unpaired) electrons. The van der Waals surface area contributed by atoms with Gasteiger partial charge in [0.25, 0.3) is 0 Å². The zero-order valence-electron chi connectivity index (χ0n) is 22.0. The molecule has 3 aliphatic heterocycles. The van der Waals surface area contributed by atoms with E-state index >= 15 is 0 Å². The second kappa shape index (κ2) is 11.0. The molecule has 2 aromatic rings. The van der Waals surface area contributed by atoms with Crippen molar-refractivity contribution in [2.24, 2.45) is 4.99 Å². The highest BCUT2D eigenvalue weighted by Crippen LogP contribution is 2.34. The number of benzene rings is 2. The van der Waals surface area contributed by atoms with E-state index in [2.05, 4.69) is 52.3 Å². The Balaban J connectivity index is 1.32. The number of hydrazine groups is 1. The van der Waals surface area contributed by atoms with Crippen LogP contribution in [0.25, 0.3) is 0 Å². The number of hydrogen-bond donors (Lipinski definition) is 1. The van der Waals surface area contributed by atoms with E-state index in [0.29, 0.717) is 32.6 Å².